The van der Waals surface area contributed by atoms with Gasteiger partial charge in [0.2, 0.25) is 0 Å². The van der Waals surface area contributed by atoms with Crippen LogP contribution in [0.5, 0.6) is 0 Å². The molecule has 0 spiro atoms. The summed E-state index contributed by atoms with van der Waals surface area (Å²) in [6.45, 7) is 7.04. The Morgan fingerprint density at radius 3 is 1.48 bits per heavy atom. The van der Waals surface area contributed by atoms with Gasteiger partial charge in [0.15, 0.2) is 0 Å². The van der Waals surface area contributed by atoms with E-state index in [2.05, 4.69) is 32.9 Å². The monoisotopic (exact) mass is 322 g/mol. The van der Waals surface area contributed by atoms with Gasteiger partial charge in [0, 0.05) is 0 Å². The molecule has 0 aliphatic carbocycles. The summed E-state index contributed by atoms with van der Waals surface area (Å²) in [7, 11) is 0. The second-order valence-electron chi connectivity index (χ2n) is 7.62. The predicted octanol–water partition coefficient (Wildman–Crippen LogP) is 8.85. The highest BCUT2D eigenvalue weighted by molar-refractivity contribution is 4.81. The summed E-state index contributed by atoms with van der Waals surface area (Å²) >= 11 is 0. The van der Waals surface area contributed by atoms with Crippen molar-refractivity contribution in [1.29, 1.82) is 0 Å². The van der Waals surface area contributed by atoms with Crippen molar-refractivity contribution < 1.29 is 0 Å². The van der Waals surface area contributed by atoms with Crippen LogP contribution in [-0.4, -0.2) is 0 Å². The third-order valence-electron chi connectivity index (χ3n) is 5.01. The maximum Gasteiger partial charge on any atom is -0.0351 e. The predicted molar refractivity (Wildman–Crippen MR) is 108 cm³/mol. The Morgan fingerprint density at radius 2 is 0.913 bits per heavy atom. The third kappa shape index (κ3) is 19.7. The van der Waals surface area contributed by atoms with Gasteiger partial charge in [-0.25, -0.2) is 0 Å². The average Bonchev–Trinajstić information content (AvgIpc) is 2.55. The van der Waals surface area contributed by atoms with E-state index in [9.17, 15) is 0 Å². The SMILES string of the molecule is CCCCCC=CCCCCCCCC(C)CCCCCCC. The molecule has 0 amide bonds. The molecule has 0 N–H and O–H groups in total. The van der Waals surface area contributed by atoms with Crippen LogP contribution in [0.4, 0.5) is 0 Å². The fourth-order valence-corrected chi connectivity index (χ4v) is 3.27. The highest BCUT2D eigenvalue weighted by atomic mass is 14.1. The topological polar surface area (TPSA) is 0 Å². The Labute approximate surface area is 148 Å². The summed E-state index contributed by atoms with van der Waals surface area (Å²) in [4.78, 5) is 0. The van der Waals surface area contributed by atoms with Crippen molar-refractivity contribution in [1.82, 2.24) is 0 Å². The molecular formula is C23H46. The first-order chi connectivity index (χ1) is 11.3. The van der Waals surface area contributed by atoms with E-state index in [0.29, 0.717) is 0 Å². The van der Waals surface area contributed by atoms with Gasteiger partial charge in [-0.05, 0) is 31.6 Å². The average molecular weight is 323 g/mol. The van der Waals surface area contributed by atoms with Crippen molar-refractivity contribution in [2.75, 3.05) is 0 Å². The van der Waals surface area contributed by atoms with Crippen LogP contribution < -0.4 is 0 Å². The first-order valence-corrected chi connectivity index (χ1v) is 11.0. The molecule has 0 fully saturated rings. The normalized spacial score (nSPS) is 13.0. The van der Waals surface area contributed by atoms with Crippen LogP contribution in [-0.2, 0) is 0 Å². The maximum absolute atomic E-state index is 2.46. The Balaban J connectivity index is 3.17. The Hall–Kier alpha value is -0.260. The first kappa shape index (κ1) is 22.7. The molecule has 0 aromatic heterocycles. The molecule has 0 saturated carbocycles. The standard InChI is InChI=1S/C23H46/c1-4-6-8-10-11-12-13-14-15-16-18-20-22-23(3)21-19-17-9-7-5-2/h11-12,23H,4-10,13-22H2,1-3H3. The Morgan fingerprint density at radius 1 is 0.522 bits per heavy atom. The van der Waals surface area contributed by atoms with Gasteiger partial charge in [-0.3, -0.25) is 0 Å². The van der Waals surface area contributed by atoms with E-state index >= 15 is 0 Å². The van der Waals surface area contributed by atoms with Gasteiger partial charge in [-0.15, -0.1) is 0 Å². The fourth-order valence-electron chi connectivity index (χ4n) is 3.27. The van der Waals surface area contributed by atoms with Crippen LogP contribution in [0.1, 0.15) is 130 Å². The summed E-state index contributed by atoms with van der Waals surface area (Å²) in [5, 5.41) is 0. The van der Waals surface area contributed by atoms with Crippen LogP contribution in [0.15, 0.2) is 12.2 Å². The molecule has 0 aromatic carbocycles. The Bertz CT molecular complexity index is 228. The number of unbranched alkanes of at least 4 members (excludes halogenated alkanes) is 12. The largest absolute Gasteiger partial charge is 0.0885 e. The first-order valence-electron chi connectivity index (χ1n) is 11.0. The van der Waals surface area contributed by atoms with Crippen LogP contribution in [0.25, 0.3) is 0 Å². The van der Waals surface area contributed by atoms with E-state index < -0.39 is 0 Å². The lowest BCUT2D eigenvalue weighted by Gasteiger charge is -2.10. The molecule has 0 heterocycles. The highest BCUT2D eigenvalue weighted by Gasteiger charge is 2.01. The zero-order chi connectivity index (χ0) is 17.0. The van der Waals surface area contributed by atoms with E-state index in [4.69, 9.17) is 0 Å². The molecule has 0 saturated heterocycles. The summed E-state index contributed by atoms with van der Waals surface area (Å²) in [5.41, 5.74) is 0. The molecule has 1 unspecified atom stereocenters. The van der Waals surface area contributed by atoms with Crippen LogP contribution in [0.2, 0.25) is 0 Å². The van der Waals surface area contributed by atoms with Crippen LogP contribution in [0.3, 0.4) is 0 Å². The summed E-state index contributed by atoms with van der Waals surface area (Å²) in [5.74, 6) is 0.961. The van der Waals surface area contributed by atoms with E-state index in [-0.39, 0.29) is 0 Å². The van der Waals surface area contributed by atoms with Gasteiger partial charge < -0.3 is 0 Å². The lowest BCUT2D eigenvalue weighted by molar-refractivity contribution is 0.433. The van der Waals surface area contributed by atoms with E-state index in [1.165, 1.54) is 109 Å². The van der Waals surface area contributed by atoms with Gasteiger partial charge >= 0.3 is 0 Å². The summed E-state index contributed by atoms with van der Waals surface area (Å²) in [6.07, 6.45) is 28.8. The third-order valence-corrected chi connectivity index (χ3v) is 5.01. The van der Waals surface area contributed by atoms with Crippen molar-refractivity contribution in [3.05, 3.63) is 12.2 Å². The van der Waals surface area contributed by atoms with Crippen molar-refractivity contribution in [3.8, 4) is 0 Å². The molecule has 0 bridgehead atoms. The maximum atomic E-state index is 2.46. The quantitative estimate of drug-likeness (QED) is 0.174. The lowest BCUT2D eigenvalue weighted by Crippen LogP contribution is -1.95. The second-order valence-corrected chi connectivity index (χ2v) is 7.62. The molecule has 138 valence electrons. The van der Waals surface area contributed by atoms with Gasteiger partial charge in [-0.2, -0.15) is 0 Å². The van der Waals surface area contributed by atoms with Gasteiger partial charge in [0.05, 0.1) is 0 Å². The zero-order valence-corrected chi connectivity index (χ0v) is 16.8. The van der Waals surface area contributed by atoms with E-state index in [1.54, 1.807) is 0 Å². The molecule has 0 radical (unpaired) electrons. The Kier molecular flexibility index (Phi) is 19.6. The number of rotatable bonds is 18. The number of hydrogen-bond donors (Lipinski definition) is 0. The van der Waals surface area contributed by atoms with Gasteiger partial charge in [0.25, 0.3) is 0 Å². The molecule has 0 aliphatic heterocycles. The molecule has 0 heteroatoms. The minimum Gasteiger partial charge on any atom is -0.0885 e. The van der Waals surface area contributed by atoms with Crippen LogP contribution in [0, 0.1) is 5.92 Å². The number of allylic oxidation sites excluding steroid dienone is 2. The molecule has 1 atom stereocenters. The molecule has 0 nitrogen and oxygen atoms in total. The minimum atomic E-state index is 0.961. The lowest BCUT2D eigenvalue weighted by atomic mass is 9.96. The van der Waals surface area contributed by atoms with Crippen LogP contribution >= 0.6 is 0 Å². The smallest absolute Gasteiger partial charge is 0.0351 e. The van der Waals surface area contributed by atoms with Crippen molar-refractivity contribution in [3.63, 3.8) is 0 Å². The second kappa shape index (κ2) is 19.8. The van der Waals surface area contributed by atoms with Gasteiger partial charge in [0.1, 0.15) is 0 Å². The highest BCUT2D eigenvalue weighted by Crippen LogP contribution is 2.18. The minimum absolute atomic E-state index is 0.961. The van der Waals surface area contributed by atoms with E-state index in [0.717, 1.165) is 5.92 Å². The van der Waals surface area contributed by atoms with E-state index in [1.807, 2.05) is 0 Å². The fraction of sp³-hybridized carbons (Fsp3) is 0.913. The van der Waals surface area contributed by atoms with Crippen molar-refractivity contribution >= 4 is 0 Å². The molecule has 0 aliphatic rings. The molecular weight excluding hydrogens is 276 g/mol. The van der Waals surface area contributed by atoms with Crippen molar-refractivity contribution in [2.45, 2.75) is 130 Å². The summed E-state index contributed by atoms with van der Waals surface area (Å²) in [6, 6.07) is 0. The van der Waals surface area contributed by atoms with Crippen molar-refractivity contribution in [2.24, 2.45) is 5.92 Å². The van der Waals surface area contributed by atoms with Gasteiger partial charge in [-0.1, -0.05) is 116 Å². The molecule has 0 rings (SSSR count). The molecule has 23 heavy (non-hydrogen) atoms. The number of hydrogen-bond acceptors (Lipinski definition) is 0. The summed E-state index contributed by atoms with van der Waals surface area (Å²) < 4.78 is 0. The zero-order valence-electron chi connectivity index (χ0n) is 16.8. The molecule has 0 aromatic rings.